The highest BCUT2D eigenvalue weighted by Crippen LogP contribution is 2.27. The van der Waals surface area contributed by atoms with Gasteiger partial charge < -0.3 is 10.1 Å². The van der Waals surface area contributed by atoms with Gasteiger partial charge in [0.2, 0.25) is 5.91 Å². The monoisotopic (exact) mass is 452 g/mol. The Morgan fingerprint density at radius 3 is 2.90 bits per heavy atom. The average Bonchev–Trinajstić information content (AvgIpc) is 2.84. The van der Waals surface area contributed by atoms with E-state index in [0.717, 1.165) is 8.26 Å². The minimum Gasteiger partial charge on any atom is -0.494 e. The fourth-order valence-corrected chi connectivity index (χ4v) is 3.02. The molecule has 2 aromatic rings. The summed E-state index contributed by atoms with van der Waals surface area (Å²) >= 11 is 14.0. The molecule has 0 saturated carbocycles. The zero-order valence-corrected chi connectivity index (χ0v) is 15.5. The number of ether oxygens (including phenoxy) is 1. The van der Waals surface area contributed by atoms with E-state index in [1.54, 1.807) is 12.3 Å². The molecule has 4 nitrogen and oxygen atoms in total. The molecule has 0 radical (unpaired) electrons. The van der Waals surface area contributed by atoms with Crippen LogP contribution in [-0.2, 0) is 4.79 Å². The molecule has 1 amide bonds. The maximum atomic E-state index is 11.7. The largest absolute Gasteiger partial charge is 0.494 e. The highest BCUT2D eigenvalue weighted by molar-refractivity contribution is 9.11. The summed E-state index contributed by atoms with van der Waals surface area (Å²) in [7, 11) is 0. The van der Waals surface area contributed by atoms with Crippen LogP contribution in [0.25, 0.3) is 0 Å². The van der Waals surface area contributed by atoms with Crippen LogP contribution in [0.15, 0.2) is 32.7 Å². The van der Waals surface area contributed by atoms with Gasteiger partial charge in [-0.2, -0.15) is 0 Å². The Kier molecular flexibility index (Phi) is 6.47. The van der Waals surface area contributed by atoms with Gasteiger partial charge in [-0.25, -0.2) is 4.98 Å². The summed E-state index contributed by atoms with van der Waals surface area (Å²) in [5.41, 5.74) is 0. The van der Waals surface area contributed by atoms with E-state index in [0.29, 0.717) is 35.4 Å². The number of anilines is 1. The van der Waals surface area contributed by atoms with Gasteiger partial charge in [0.05, 0.1) is 21.6 Å². The smallest absolute Gasteiger partial charge is 0.226 e. The van der Waals surface area contributed by atoms with Gasteiger partial charge in [-0.15, -0.1) is 0 Å². The van der Waals surface area contributed by atoms with E-state index in [1.165, 1.54) is 11.3 Å². The molecule has 0 bridgehead atoms. The minimum absolute atomic E-state index is 0.0747. The number of thiazole rings is 1. The first-order chi connectivity index (χ1) is 10.0. The minimum atomic E-state index is -0.0747. The fourth-order valence-electron chi connectivity index (χ4n) is 1.48. The first-order valence-corrected chi connectivity index (χ1v) is 8.81. The van der Waals surface area contributed by atoms with Crippen molar-refractivity contribution in [1.82, 2.24) is 4.98 Å². The first kappa shape index (κ1) is 16.7. The Hall–Kier alpha value is -0.630. The van der Waals surface area contributed by atoms with Gasteiger partial charge in [-0.1, -0.05) is 22.9 Å². The Labute approximate surface area is 148 Å². The zero-order chi connectivity index (χ0) is 15.2. The molecule has 21 heavy (non-hydrogen) atoms. The van der Waals surface area contributed by atoms with Crippen molar-refractivity contribution < 1.29 is 9.53 Å². The molecule has 0 atom stereocenters. The lowest BCUT2D eigenvalue weighted by atomic mass is 10.3. The third kappa shape index (κ3) is 5.58. The predicted octanol–water partition coefficient (Wildman–Crippen LogP) is 5.12. The lowest BCUT2D eigenvalue weighted by molar-refractivity contribution is -0.116. The van der Waals surface area contributed by atoms with Gasteiger partial charge in [-0.3, -0.25) is 4.79 Å². The number of amides is 1. The normalized spacial score (nSPS) is 10.4. The third-order valence-corrected chi connectivity index (χ3v) is 5.06. The second-order valence-corrected chi connectivity index (χ2v) is 7.72. The number of hydrogen-bond acceptors (Lipinski definition) is 4. The SMILES string of the molecule is O=C(CCCOc1ccc(Br)c(Cl)c1)Nc1ncc(Br)s1. The Bertz CT molecular complexity index is 636. The number of nitrogens with zero attached hydrogens (tertiary/aromatic N) is 1. The number of nitrogens with one attached hydrogen (secondary N) is 1. The van der Waals surface area contributed by atoms with E-state index in [-0.39, 0.29) is 5.91 Å². The van der Waals surface area contributed by atoms with Gasteiger partial charge in [-0.05, 0) is 56.5 Å². The van der Waals surface area contributed by atoms with Crippen LogP contribution in [0.5, 0.6) is 5.75 Å². The maximum absolute atomic E-state index is 11.7. The van der Waals surface area contributed by atoms with Gasteiger partial charge in [0.1, 0.15) is 5.75 Å². The van der Waals surface area contributed by atoms with Crippen molar-refractivity contribution >= 4 is 65.8 Å². The molecule has 0 aliphatic heterocycles. The fraction of sp³-hybridized carbons (Fsp3) is 0.231. The summed E-state index contributed by atoms with van der Waals surface area (Å²) < 4.78 is 7.25. The van der Waals surface area contributed by atoms with Gasteiger partial charge in [0.15, 0.2) is 5.13 Å². The number of aromatic nitrogens is 1. The number of halogens is 3. The zero-order valence-electron chi connectivity index (χ0n) is 10.7. The summed E-state index contributed by atoms with van der Waals surface area (Å²) in [6.07, 6.45) is 2.65. The van der Waals surface area contributed by atoms with E-state index < -0.39 is 0 Å². The van der Waals surface area contributed by atoms with Crippen LogP contribution in [0.2, 0.25) is 5.02 Å². The lowest BCUT2D eigenvalue weighted by Crippen LogP contribution is -2.12. The van der Waals surface area contributed by atoms with Crippen molar-refractivity contribution in [3.8, 4) is 5.75 Å². The maximum Gasteiger partial charge on any atom is 0.226 e. The molecule has 0 spiro atoms. The Balaban J connectivity index is 1.69. The summed E-state index contributed by atoms with van der Waals surface area (Å²) in [6.45, 7) is 0.451. The Morgan fingerprint density at radius 1 is 1.43 bits per heavy atom. The Morgan fingerprint density at radius 2 is 2.24 bits per heavy atom. The van der Waals surface area contributed by atoms with Crippen molar-refractivity contribution in [2.24, 2.45) is 0 Å². The molecular formula is C13H11Br2ClN2O2S. The van der Waals surface area contributed by atoms with Crippen LogP contribution in [0.4, 0.5) is 5.13 Å². The van der Waals surface area contributed by atoms with Crippen LogP contribution in [0, 0.1) is 0 Å². The number of carbonyl (C=O) groups is 1. The quantitative estimate of drug-likeness (QED) is 0.617. The summed E-state index contributed by atoms with van der Waals surface area (Å²) in [6, 6.07) is 5.38. The summed E-state index contributed by atoms with van der Waals surface area (Å²) in [4.78, 5) is 15.7. The van der Waals surface area contributed by atoms with Crippen molar-refractivity contribution in [2.75, 3.05) is 11.9 Å². The van der Waals surface area contributed by atoms with Gasteiger partial charge >= 0.3 is 0 Å². The molecule has 1 aromatic heterocycles. The average molecular weight is 455 g/mol. The predicted molar refractivity (Wildman–Crippen MR) is 92.3 cm³/mol. The second-order valence-electron chi connectivity index (χ2n) is 4.05. The molecule has 0 aliphatic carbocycles. The van der Waals surface area contributed by atoms with Crippen LogP contribution < -0.4 is 10.1 Å². The molecule has 1 N–H and O–H groups in total. The van der Waals surface area contributed by atoms with Crippen LogP contribution in [-0.4, -0.2) is 17.5 Å². The molecule has 0 fully saturated rings. The van der Waals surface area contributed by atoms with Gasteiger partial charge in [0, 0.05) is 10.9 Å². The van der Waals surface area contributed by atoms with E-state index in [4.69, 9.17) is 16.3 Å². The molecule has 8 heteroatoms. The lowest BCUT2D eigenvalue weighted by Gasteiger charge is -2.07. The summed E-state index contributed by atoms with van der Waals surface area (Å²) in [5, 5.41) is 3.92. The van der Waals surface area contributed by atoms with E-state index in [9.17, 15) is 4.79 Å². The molecule has 0 aliphatic rings. The van der Waals surface area contributed by atoms with E-state index in [1.807, 2.05) is 12.1 Å². The molecule has 112 valence electrons. The summed E-state index contributed by atoms with van der Waals surface area (Å²) in [5.74, 6) is 0.613. The van der Waals surface area contributed by atoms with Crippen molar-refractivity contribution in [3.05, 3.63) is 37.7 Å². The molecule has 0 unspecified atom stereocenters. The number of carbonyl (C=O) groups excluding carboxylic acids is 1. The van der Waals surface area contributed by atoms with Crippen molar-refractivity contribution in [3.63, 3.8) is 0 Å². The topological polar surface area (TPSA) is 51.2 Å². The van der Waals surface area contributed by atoms with E-state index >= 15 is 0 Å². The highest BCUT2D eigenvalue weighted by atomic mass is 79.9. The number of rotatable bonds is 6. The third-order valence-electron chi connectivity index (χ3n) is 2.43. The van der Waals surface area contributed by atoms with Crippen LogP contribution in [0.3, 0.4) is 0 Å². The van der Waals surface area contributed by atoms with Gasteiger partial charge in [0.25, 0.3) is 0 Å². The van der Waals surface area contributed by atoms with Crippen LogP contribution in [0.1, 0.15) is 12.8 Å². The van der Waals surface area contributed by atoms with Crippen molar-refractivity contribution in [2.45, 2.75) is 12.8 Å². The standard InChI is InChI=1S/C13H11Br2ClN2O2S/c14-9-4-3-8(6-10(9)16)20-5-1-2-12(19)18-13-17-7-11(15)21-13/h3-4,6-7H,1-2,5H2,(H,17,18,19). The molecular weight excluding hydrogens is 443 g/mol. The molecule has 2 rings (SSSR count). The molecule has 1 aromatic carbocycles. The number of hydrogen-bond donors (Lipinski definition) is 1. The molecule has 0 saturated heterocycles. The second kappa shape index (κ2) is 8.12. The number of benzene rings is 1. The first-order valence-electron chi connectivity index (χ1n) is 6.03. The molecule has 1 heterocycles. The van der Waals surface area contributed by atoms with Crippen molar-refractivity contribution in [1.29, 1.82) is 0 Å². The highest BCUT2D eigenvalue weighted by Gasteiger charge is 2.06. The van der Waals surface area contributed by atoms with E-state index in [2.05, 4.69) is 42.2 Å². The van der Waals surface area contributed by atoms with Crippen LogP contribution >= 0.6 is 54.8 Å².